The molecule has 1 heterocycles. The molecule has 0 saturated heterocycles. The van der Waals surface area contributed by atoms with E-state index in [1.165, 1.54) is 12.8 Å². The Morgan fingerprint density at radius 2 is 1.79 bits per heavy atom. The molecule has 2 rings (SSSR count). The van der Waals surface area contributed by atoms with Crippen molar-refractivity contribution in [3.63, 3.8) is 0 Å². The number of carbonyl (C=O) groups is 1. The Balaban J connectivity index is 2.09. The molecule has 6 heteroatoms. The summed E-state index contributed by atoms with van der Waals surface area (Å²) < 4.78 is 5.50. The van der Waals surface area contributed by atoms with E-state index in [4.69, 9.17) is 9.25 Å². The Hall–Kier alpha value is -2.63. The van der Waals surface area contributed by atoms with Crippen LogP contribution in [0, 0.1) is 0 Å². The highest BCUT2D eigenvalue weighted by molar-refractivity contribution is 6.00. The van der Waals surface area contributed by atoms with E-state index in [-0.39, 0.29) is 5.97 Å². The van der Waals surface area contributed by atoms with Gasteiger partial charge in [0.15, 0.2) is 0 Å². The highest BCUT2D eigenvalue weighted by Gasteiger charge is 2.12. The van der Waals surface area contributed by atoms with Crippen LogP contribution in [0.25, 0.3) is 11.0 Å². The van der Waals surface area contributed by atoms with Gasteiger partial charge < -0.3 is 14.2 Å². The van der Waals surface area contributed by atoms with Crippen molar-refractivity contribution in [3.8, 4) is 0 Å². The summed E-state index contributed by atoms with van der Waals surface area (Å²) in [7, 11) is 0. The first-order valence-electron chi connectivity index (χ1n) is 10.6. The van der Waals surface area contributed by atoms with E-state index in [9.17, 15) is 9.59 Å². The van der Waals surface area contributed by atoms with Crippen molar-refractivity contribution in [2.24, 2.45) is 5.16 Å². The van der Waals surface area contributed by atoms with E-state index in [1.54, 1.807) is 13.0 Å². The molecule has 1 aromatic carbocycles. The van der Waals surface area contributed by atoms with E-state index in [1.807, 2.05) is 18.2 Å². The second-order valence-electron chi connectivity index (χ2n) is 7.15. The zero-order valence-corrected chi connectivity index (χ0v) is 18.0. The Morgan fingerprint density at radius 1 is 1.07 bits per heavy atom. The highest BCUT2D eigenvalue weighted by atomic mass is 16.7. The summed E-state index contributed by atoms with van der Waals surface area (Å²) in [6, 6.07) is 7.53. The summed E-state index contributed by atoms with van der Waals surface area (Å²) in [6.07, 6.45) is 5.61. The van der Waals surface area contributed by atoms with Crippen LogP contribution in [0.4, 0.5) is 5.69 Å². The predicted octanol–water partition coefficient (Wildman–Crippen LogP) is 5.27. The Morgan fingerprint density at radius 3 is 2.48 bits per heavy atom. The second kappa shape index (κ2) is 11.4. The number of carbonyl (C=O) groups excluding carboxylic acids is 1. The highest BCUT2D eigenvalue weighted by Crippen LogP contribution is 2.22. The third-order valence-corrected chi connectivity index (χ3v) is 5.01. The zero-order chi connectivity index (χ0) is 21.2. The molecule has 0 aliphatic rings. The van der Waals surface area contributed by atoms with Gasteiger partial charge in [-0.3, -0.25) is 0 Å². The first-order valence-corrected chi connectivity index (χ1v) is 10.6. The SMILES string of the molecule is CCCCCCCC(=O)O/N=C(\C)c1cc2ccc(N(CC)CC)cc2oc1=O. The van der Waals surface area contributed by atoms with Crippen LogP contribution >= 0.6 is 0 Å². The topological polar surface area (TPSA) is 72.1 Å². The number of oxime groups is 1. The average Bonchev–Trinajstić information content (AvgIpc) is 2.72. The van der Waals surface area contributed by atoms with Crippen molar-refractivity contribution in [2.75, 3.05) is 18.0 Å². The van der Waals surface area contributed by atoms with Crippen molar-refractivity contribution in [2.45, 2.75) is 66.2 Å². The van der Waals surface area contributed by atoms with Gasteiger partial charge in [0, 0.05) is 36.7 Å². The third-order valence-electron chi connectivity index (χ3n) is 5.01. The van der Waals surface area contributed by atoms with E-state index < -0.39 is 5.63 Å². The largest absolute Gasteiger partial charge is 0.422 e. The molecule has 0 aliphatic carbocycles. The van der Waals surface area contributed by atoms with Gasteiger partial charge in [-0.05, 0) is 45.4 Å². The molecule has 0 spiro atoms. The molecule has 0 bridgehead atoms. The Kier molecular flexibility index (Phi) is 8.90. The molecule has 158 valence electrons. The minimum absolute atomic E-state index is 0.295. The number of benzene rings is 1. The molecule has 0 atom stereocenters. The maximum Gasteiger partial charge on any atom is 0.345 e. The molecule has 0 fully saturated rings. The Bertz CT molecular complexity index is 897. The monoisotopic (exact) mass is 400 g/mol. The molecule has 0 saturated carbocycles. The predicted molar refractivity (Wildman–Crippen MR) is 118 cm³/mol. The van der Waals surface area contributed by atoms with E-state index in [0.717, 1.165) is 43.4 Å². The van der Waals surface area contributed by atoms with Gasteiger partial charge in [-0.25, -0.2) is 9.59 Å². The van der Waals surface area contributed by atoms with Crippen LogP contribution in [-0.4, -0.2) is 24.8 Å². The lowest BCUT2D eigenvalue weighted by atomic mass is 10.1. The lowest BCUT2D eigenvalue weighted by Crippen LogP contribution is -2.21. The molecule has 0 radical (unpaired) electrons. The fourth-order valence-electron chi connectivity index (χ4n) is 3.22. The van der Waals surface area contributed by atoms with Gasteiger partial charge in [0.25, 0.3) is 0 Å². The lowest BCUT2D eigenvalue weighted by Gasteiger charge is -2.21. The minimum Gasteiger partial charge on any atom is -0.422 e. The quantitative estimate of drug-likeness (QED) is 0.169. The number of fused-ring (bicyclic) bond motifs is 1. The zero-order valence-electron chi connectivity index (χ0n) is 18.0. The van der Waals surface area contributed by atoms with E-state index >= 15 is 0 Å². The van der Waals surface area contributed by atoms with Gasteiger partial charge in [-0.15, -0.1) is 0 Å². The summed E-state index contributed by atoms with van der Waals surface area (Å²) in [5.41, 5.74) is 1.67. The molecule has 0 aliphatic heterocycles. The summed E-state index contributed by atoms with van der Waals surface area (Å²) in [4.78, 5) is 31.4. The maximum absolute atomic E-state index is 12.4. The normalized spacial score (nSPS) is 11.7. The first kappa shape index (κ1) is 22.7. The molecule has 0 unspecified atom stereocenters. The number of anilines is 1. The van der Waals surface area contributed by atoms with Crippen LogP contribution in [0.15, 0.2) is 38.6 Å². The molecule has 0 N–H and O–H groups in total. The maximum atomic E-state index is 12.4. The molecule has 1 aromatic heterocycles. The molecule has 29 heavy (non-hydrogen) atoms. The van der Waals surface area contributed by atoms with Crippen LogP contribution in [0.1, 0.15) is 71.8 Å². The Labute approximate surface area is 172 Å². The van der Waals surface area contributed by atoms with Crippen LogP contribution in [0.3, 0.4) is 0 Å². The third kappa shape index (κ3) is 6.44. The number of rotatable bonds is 11. The molecule has 2 aromatic rings. The van der Waals surface area contributed by atoms with Crippen LogP contribution in [0.2, 0.25) is 0 Å². The minimum atomic E-state index is -0.494. The fourth-order valence-corrected chi connectivity index (χ4v) is 3.22. The van der Waals surface area contributed by atoms with Crippen molar-refractivity contribution in [1.82, 2.24) is 0 Å². The second-order valence-corrected chi connectivity index (χ2v) is 7.15. The molecule has 6 nitrogen and oxygen atoms in total. The van der Waals surface area contributed by atoms with Crippen molar-refractivity contribution >= 4 is 28.3 Å². The smallest absolute Gasteiger partial charge is 0.345 e. The summed E-state index contributed by atoms with van der Waals surface area (Å²) in [5, 5.41) is 4.65. The van der Waals surface area contributed by atoms with Gasteiger partial charge in [-0.2, -0.15) is 0 Å². The molecule has 0 amide bonds. The summed E-state index contributed by atoms with van der Waals surface area (Å²) >= 11 is 0. The average molecular weight is 401 g/mol. The molecular weight excluding hydrogens is 368 g/mol. The van der Waals surface area contributed by atoms with Crippen molar-refractivity contribution in [3.05, 3.63) is 40.2 Å². The first-order chi connectivity index (χ1) is 14.0. The van der Waals surface area contributed by atoms with E-state index in [2.05, 4.69) is 30.8 Å². The van der Waals surface area contributed by atoms with Gasteiger partial charge in [0.2, 0.25) is 0 Å². The number of unbranched alkanes of at least 4 members (excludes halogenated alkanes) is 4. The lowest BCUT2D eigenvalue weighted by molar-refractivity contribution is -0.143. The van der Waals surface area contributed by atoms with Crippen molar-refractivity contribution in [1.29, 1.82) is 0 Å². The number of nitrogens with zero attached hydrogens (tertiary/aromatic N) is 2. The van der Waals surface area contributed by atoms with Crippen LogP contribution in [-0.2, 0) is 9.63 Å². The number of hydrogen-bond donors (Lipinski definition) is 0. The van der Waals surface area contributed by atoms with Gasteiger partial charge in [0.1, 0.15) is 5.58 Å². The standard InChI is InChI=1S/C23H32N2O4/c1-5-8-9-10-11-12-22(26)29-24-17(4)20-15-18-13-14-19(25(6-2)7-3)16-21(18)28-23(20)27/h13-16H,5-12H2,1-4H3/b24-17+. The molecular formula is C23H32N2O4. The van der Waals surface area contributed by atoms with Gasteiger partial charge in [0.05, 0.1) is 11.3 Å². The van der Waals surface area contributed by atoms with Gasteiger partial charge >= 0.3 is 11.6 Å². The van der Waals surface area contributed by atoms with E-state index in [0.29, 0.717) is 23.3 Å². The van der Waals surface area contributed by atoms with Crippen molar-refractivity contribution < 1.29 is 14.0 Å². The van der Waals surface area contributed by atoms with Crippen LogP contribution < -0.4 is 10.5 Å². The summed E-state index contributed by atoms with van der Waals surface area (Å²) in [5.74, 6) is -0.380. The van der Waals surface area contributed by atoms with Crippen LogP contribution in [0.5, 0.6) is 0 Å². The number of hydrogen-bond acceptors (Lipinski definition) is 6. The summed E-state index contributed by atoms with van der Waals surface area (Å²) in [6.45, 7) is 9.70. The van der Waals surface area contributed by atoms with Gasteiger partial charge in [-0.1, -0.05) is 37.8 Å². The fraction of sp³-hybridized carbons (Fsp3) is 0.522.